The van der Waals surface area contributed by atoms with E-state index in [-0.39, 0.29) is 18.3 Å². The first-order valence-corrected chi connectivity index (χ1v) is 8.98. The van der Waals surface area contributed by atoms with Crippen LogP contribution in [0.4, 0.5) is 0 Å². The van der Waals surface area contributed by atoms with E-state index in [1.54, 1.807) is 6.92 Å². The minimum absolute atomic E-state index is 0.115. The van der Waals surface area contributed by atoms with Gasteiger partial charge >= 0.3 is 5.97 Å². The molecule has 27 heavy (non-hydrogen) atoms. The second-order valence-corrected chi connectivity index (χ2v) is 6.73. The van der Waals surface area contributed by atoms with Crippen LogP contribution >= 0.6 is 0 Å². The standard InChI is InChI=1S/C22H24N2O3/c1-16(23-26)12-18(13-22(25)27-2)20-15-24(14-17-8-4-3-5-9-17)21-11-7-6-10-19(20)21/h3-11,15,18,26H,12-14H2,1-2H3/b23-16+. The number of esters is 1. The summed E-state index contributed by atoms with van der Waals surface area (Å²) in [6.45, 7) is 2.51. The molecule has 0 bridgehead atoms. The number of nitrogens with zero attached hydrogens (tertiary/aromatic N) is 2. The molecule has 0 saturated carbocycles. The van der Waals surface area contributed by atoms with Crippen LogP contribution in [-0.4, -0.2) is 28.6 Å². The number of oxime groups is 1. The van der Waals surface area contributed by atoms with Crippen LogP contribution in [-0.2, 0) is 16.1 Å². The van der Waals surface area contributed by atoms with Gasteiger partial charge in [0.2, 0.25) is 0 Å². The predicted octanol–water partition coefficient (Wildman–Crippen LogP) is 4.58. The van der Waals surface area contributed by atoms with E-state index in [4.69, 9.17) is 9.94 Å². The zero-order valence-electron chi connectivity index (χ0n) is 15.6. The van der Waals surface area contributed by atoms with Gasteiger partial charge in [0.05, 0.1) is 19.2 Å². The van der Waals surface area contributed by atoms with Crippen molar-refractivity contribution >= 4 is 22.6 Å². The summed E-state index contributed by atoms with van der Waals surface area (Å²) in [6.07, 6.45) is 2.84. The van der Waals surface area contributed by atoms with Gasteiger partial charge in [0.1, 0.15) is 0 Å². The van der Waals surface area contributed by atoms with Crippen molar-refractivity contribution in [3.05, 3.63) is 71.9 Å². The number of methoxy groups -OCH3 is 1. The normalized spacial score (nSPS) is 12.9. The zero-order valence-corrected chi connectivity index (χ0v) is 15.6. The largest absolute Gasteiger partial charge is 0.469 e. The molecule has 0 aliphatic rings. The Balaban J connectivity index is 2.04. The molecule has 1 heterocycles. The third kappa shape index (κ3) is 4.37. The van der Waals surface area contributed by atoms with Crippen molar-refractivity contribution < 1.29 is 14.7 Å². The summed E-state index contributed by atoms with van der Waals surface area (Å²) in [5.41, 5.74) is 3.98. The van der Waals surface area contributed by atoms with Crippen LogP contribution in [0.5, 0.6) is 0 Å². The fourth-order valence-electron chi connectivity index (χ4n) is 3.49. The molecule has 0 aliphatic heterocycles. The molecule has 2 aromatic carbocycles. The second kappa shape index (κ2) is 8.54. The van der Waals surface area contributed by atoms with Crippen LogP contribution in [0.25, 0.3) is 10.9 Å². The molecule has 140 valence electrons. The fraction of sp³-hybridized carbons (Fsp3) is 0.273. The molecule has 1 atom stereocenters. The SMILES string of the molecule is COC(=O)CC(C/C(C)=N/O)c1cn(Cc2ccccc2)c2ccccc12. The Labute approximate surface area is 158 Å². The molecular formula is C22H24N2O3. The van der Waals surface area contributed by atoms with E-state index in [2.05, 4.69) is 40.2 Å². The Morgan fingerprint density at radius 3 is 2.52 bits per heavy atom. The highest BCUT2D eigenvalue weighted by Crippen LogP contribution is 2.33. The van der Waals surface area contributed by atoms with Crippen molar-refractivity contribution in [2.24, 2.45) is 5.16 Å². The van der Waals surface area contributed by atoms with E-state index in [0.29, 0.717) is 12.1 Å². The first-order chi connectivity index (χ1) is 13.1. The highest BCUT2D eigenvalue weighted by molar-refractivity contribution is 5.88. The number of aromatic nitrogens is 1. The van der Waals surface area contributed by atoms with Gasteiger partial charge in [0.25, 0.3) is 0 Å². The summed E-state index contributed by atoms with van der Waals surface area (Å²) in [7, 11) is 1.39. The first kappa shape index (κ1) is 18.7. The average molecular weight is 364 g/mol. The topological polar surface area (TPSA) is 63.8 Å². The van der Waals surface area contributed by atoms with Gasteiger partial charge in [-0.2, -0.15) is 0 Å². The summed E-state index contributed by atoms with van der Waals surface area (Å²) in [4.78, 5) is 12.0. The van der Waals surface area contributed by atoms with Gasteiger partial charge in [-0.25, -0.2) is 0 Å². The molecule has 0 fully saturated rings. The third-order valence-electron chi connectivity index (χ3n) is 4.81. The quantitative estimate of drug-likeness (QED) is 0.289. The Kier molecular flexibility index (Phi) is 5.91. The Morgan fingerprint density at radius 2 is 1.81 bits per heavy atom. The van der Waals surface area contributed by atoms with Crippen molar-refractivity contribution in [1.29, 1.82) is 0 Å². The molecule has 0 amide bonds. The number of carbonyl (C=O) groups is 1. The second-order valence-electron chi connectivity index (χ2n) is 6.73. The van der Waals surface area contributed by atoms with E-state index in [9.17, 15) is 4.79 Å². The average Bonchev–Trinajstić information content (AvgIpc) is 3.06. The van der Waals surface area contributed by atoms with Crippen LogP contribution in [0.2, 0.25) is 0 Å². The van der Waals surface area contributed by atoms with E-state index < -0.39 is 0 Å². The minimum atomic E-state index is -0.273. The molecule has 5 heteroatoms. The maximum atomic E-state index is 12.0. The molecular weight excluding hydrogens is 340 g/mol. The lowest BCUT2D eigenvalue weighted by Gasteiger charge is -2.14. The number of hydrogen-bond acceptors (Lipinski definition) is 4. The molecule has 1 unspecified atom stereocenters. The van der Waals surface area contributed by atoms with Gasteiger partial charge in [-0.05, 0) is 30.5 Å². The van der Waals surface area contributed by atoms with Crippen molar-refractivity contribution in [3.63, 3.8) is 0 Å². The maximum Gasteiger partial charge on any atom is 0.306 e. The lowest BCUT2D eigenvalue weighted by molar-refractivity contribution is -0.141. The number of fused-ring (bicyclic) bond motifs is 1. The van der Waals surface area contributed by atoms with E-state index in [0.717, 1.165) is 23.0 Å². The lowest BCUT2D eigenvalue weighted by atomic mass is 9.90. The Morgan fingerprint density at radius 1 is 1.11 bits per heavy atom. The highest BCUT2D eigenvalue weighted by atomic mass is 16.5. The van der Waals surface area contributed by atoms with E-state index in [1.165, 1.54) is 12.7 Å². The molecule has 0 aliphatic carbocycles. The molecule has 1 N–H and O–H groups in total. The van der Waals surface area contributed by atoms with Crippen molar-refractivity contribution in [1.82, 2.24) is 4.57 Å². The van der Waals surface area contributed by atoms with Gasteiger partial charge in [-0.15, -0.1) is 0 Å². The number of ether oxygens (including phenoxy) is 1. The van der Waals surface area contributed by atoms with Gasteiger partial charge in [-0.1, -0.05) is 53.7 Å². The predicted molar refractivity (Wildman–Crippen MR) is 106 cm³/mol. The summed E-state index contributed by atoms with van der Waals surface area (Å²) < 4.78 is 7.09. The van der Waals surface area contributed by atoms with Crippen LogP contribution in [0.3, 0.4) is 0 Å². The van der Waals surface area contributed by atoms with Gasteiger partial charge in [0, 0.05) is 29.6 Å². The van der Waals surface area contributed by atoms with Crippen LogP contribution in [0.15, 0.2) is 65.9 Å². The third-order valence-corrected chi connectivity index (χ3v) is 4.81. The highest BCUT2D eigenvalue weighted by Gasteiger charge is 2.22. The molecule has 0 spiro atoms. The monoisotopic (exact) mass is 364 g/mol. The van der Waals surface area contributed by atoms with Crippen LogP contribution in [0, 0.1) is 0 Å². The fourth-order valence-corrected chi connectivity index (χ4v) is 3.49. The molecule has 1 aromatic heterocycles. The molecule has 3 rings (SSSR count). The maximum absolute atomic E-state index is 12.0. The van der Waals surface area contributed by atoms with Crippen molar-refractivity contribution in [2.75, 3.05) is 7.11 Å². The Hall–Kier alpha value is -3.08. The summed E-state index contributed by atoms with van der Waals surface area (Å²) in [5, 5.41) is 13.5. The van der Waals surface area contributed by atoms with Gasteiger partial charge in [-0.3, -0.25) is 4.79 Å². The number of rotatable bonds is 7. The summed E-state index contributed by atoms with van der Waals surface area (Å²) >= 11 is 0. The van der Waals surface area contributed by atoms with Gasteiger partial charge < -0.3 is 14.5 Å². The van der Waals surface area contributed by atoms with Crippen LogP contribution < -0.4 is 0 Å². The number of hydrogen-bond donors (Lipinski definition) is 1. The van der Waals surface area contributed by atoms with E-state index >= 15 is 0 Å². The molecule has 3 aromatic rings. The lowest BCUT2D eigenvalue weighted by Crippen LogP contribution is -2.12. The minimum Gasteiger partial charge on any atom is -0.469 e. The summed E-state index contributed by atoms with van der Waals surface area (Å²) in [6, 6.07) is 18.4. The number of carbonyl (C=O) groups excluding carboxylic acids is 1. The van der Waals surface area contributed by atoms with E-state index in [1.807, 2.05) is 30.3 Å². The van der Waals surface area contributed by atoms with Crippen LogP contribution in [0.1, 0.15) is 36.8 Å². The number of benzene rings is 2. The molecule has 5 nitrogen and oxygen atoms in total. The Bertz CT molecular complexity index is 945. The zero-order chi connectivity index (χ0) is 19.2. The number of para-hydroxylation sites is 1. The van der Waals surface area contributed by atoms with Gasteiger partial charge in [0.15, 0.2) is 0 Å². The van der Waals surface area contributed by atoms with Crippen molar-refractivity contribution in [2.45, 2.75) is 32.2 Å². The smallest absolute Gasteiger partial charge is 0.306 e. The molecule has 0 saturated heterocycles. The summed E-state index contributed by atoms with van der Waals surface area (Å²) in [5.74, 6) is -0.388. The first-order valence-electron chi connectivity index (χ1n) is 8.98. The van der Waals surface area contributed by atoms with Crippen molar-refractivity contribution in [3.8, 4) is 0 Å². The molecule has 0 radical (unpaired) electrons.